The standard InChI is InChI=1S/C16H24O2/c1-12-8-13(2)10-14(9-12)11-16(17)7-5-4-6-15(16)18-3/h8-10,15,17H,4-7,11H2,1-3H3. The van der Waals surface area contributed by atoms with E-state index in [0.717, 1.165) is 25.7 Å². The molecule has 1 N–H and O–H groups in total. The molecule has 100 valence electrons. The molecule has 1 aliphatic rings. The van der Waals surface area contributed by atoms with Crippen LogP contribution in [-0.4, -0.2) is 23.9 Å². The molecule has 0 amide bonds. The maximum absolute atomic E-state index is 10.8. The SMILES string of the molecule is COC1CCCCC1(O)Cc1cc(C)cc(C)c1. The third-order valence-corrected chi connectivity index (χ3v) is 4.00. The van der Waals surface area contributed by atoms with Crippen LogP contribution in [0.1, 0.15) is 42.4 Å². The van der Waals surface area contributed by atoms with Gasteiger partial charge in [0, 0.05) is 13.5 Å². The van der Waals surface area contributed by atoms with Crippen molar-refractivity contribution >= 4 is 0 Å². The molecule has 1 fully saturated rings. The molecule has 0 spiro atoms. The van der Waals surface area contributed by atoms with E-state index in [-0.39, 0.29) is 6.10 Å². The van der Waals surface area contributed by atoms with Gasteiger partial charge in [-0.15, -0.1) is 0 Å². The number of rotatable bonds is 3. The highest BCUT2D eigenvalue weighted by molar-refractivity contribution is 5.29. The lowest BCUT2D eigenvalue weighted by atomic mass is 9.78. The molecule has 0 bridgehead atoms. The summed E-state index contributed by atoms with van der Waals surface area (Å²) in [6, 6.07) is 6.51. The van der Waals surface area contributed by atoms with Crippen LogP contribution in [0.15, 0.2) is 18.2 Å². The average Bonchev–Trinajstić information content (AvgIpc) is 2.27. The van der Waals surface area contributed by atoms with Crippen LogP contribution in [0.5, 0.6) is 0 Å². The lowest BCUT2D eigenvalue weighted by Crippen LogP contribution is -2.47. The van der Waals surface area contributed by atoms with Gasteiger partial charge in [0.2, 0.25) is 0 Å². The van der Waals surface area contributed by atoms with Gasteiger partial charge in [0.05, 0.1) is 11.7 Å². The average molecular weight is 248 g/mol. The van der Waals surface area contributed by atoms with E-state index < -0.39 is 5.60 Å². The Morgan fingerprint density at radius 3 is 2.50 bits per heavy atom. The predicted octanol–water partition coefficient (Wildman–Crippen LogP) is 3.17. The van der Waals surface area contributed by atoms with E-state index in [2.05, 4.69) is 32.0 Å². The van der Waals surface area contributed by atoms with Gasteiger partial charge in [-0.1, -0.05) is 42.2 Å². The molecule has 2 unspecified atom stereocenters. The van der Waals surface area contributed by atoms with Crippen molar-refractivity contribution in [3.05, 3.63) is 34.9 Å². The van der Waals surface area contributed by atoms with E-state index in [9.17, 15) is 5.11 Å². The van der Waals surface area contributed by atoms with Gasteiger partial charge in [0.1, 0.15) is 0 Å². The van der Waals surface area contributed by atoms with E-state index >= 15 is 0 Å². The topological polar surface area (TPSA) is 29.5 Å². The van der Waals surface area contributed by atoms with E-state index in [1.165, 1.54) is 16.7 Å². The second-order valence-electron chi connectivity index (χ2n) is 5.75. The van der Waals surface area contributed by atoms with Gasteiger partial charge in [-0.05, 0) is 32.3 Å². The minimum absolute atomic E-state index is 0.0212. The third-order valence-electron chi connectivity index (χ3n) is 4.00. The number of ether oxygens (including phenoxy) is 1. The molecule has 1 aromatic carbocycles. The van der Waals surface area contributed by atoms with Crippen LogP contribution in [0.25, 0.3) is 0 Å². The van der Waals surface area contributed by atoms with Crippen molar-refractivity contribution in [3.63, 3.8) is 0 Å². The van der Waals surface area contributed by atoms with Crippen LogP contribution < -0.4 is 0 Å². The maximum Gasteiger partial charge on any atom is 0.0948 e. The summed E-state index contributed by atoms with van der Waals surface area (Å²) in [5.74, 6) is 0. The van der Waals surface area contributed by atoms with Crippen LogP contribution in [-0.2, 0) is 11.2 Å². The minimum Gasteiger partial charge on any atom is -0.387 e. The lowest BCUT2D eigenvalue weighted by Gasteiger charge is -2.39. The van der Waals surface area contributed by atoms with Gasteiger partial charge in [0.25, 0.3) is 0 Å². The predicted molar refractivity (Wildman–Crippen MR) is 73.8 cm³/mol. The summed E-state index contributed by atoms with van der Waals surface area (Å²) in [7, 11) is 1.71. The second-order valence-corrected chi connectivity index (χ2v) is 5.75. The molecule has 2 atom stereocenters. The van der Waals surface area contributed by atoms with Gasteiger partial charge in [0.15, 0.2) is 0 Å². The van der Waals surface area contributed by atoms with E-state index in [1.807, 2.05) is 0 Å². The third kappa shape index (κ3) is 2.93. The summed E-state index contributed by atoms with van der Waals surface area (Å²) < 4.78 is 5.49. The fraction of sp³-hybridized carbons (Fsp3) is 0.625. The van der Waals surface area contributed by atoms with Gasteiger partial charge >= 0.3 is 0 Å². The summed E-state index contributed by atoms with van der Waals surface area (Å²) in [4.78, 5) is 0. The number of benzene rings is 1. The molecule has 1 saturated carbocycles. The highest BCUT2D eigenvalue weighted by Crippen LogP contribution is 2.33. The maximum atomic E-state index is 10.8. The van der Waals surface area contributed by atoms with Crippen LogP contribution in [0.2, 0.25) is 0 Å². The van der Waals surface area contributed by atoms with E-state index in [1.54, 1.807) is 7.11 Å². The Morgan fingerprint density at radius 2 is 1.89 bits per heavy atom. The van der Waals surface area contributed by atoms with Gasteiger partial charge in [-0.2, -0.15) is 0 Å². The highest BCUT2D eigenvalue weighted by Gasteiger charge is 2.39. The molecule has 1 aliphatic carbocycles. The van der Waals surface area contributed by atoms with Crippen LogP contribution in [0.4, 0.5) is 0 Å². The molecule has 18 heavy (non-hydrogen) atoms. The smallest absolute Gasteiger partial charge is 0.0948 e. The summed E-state index contributed by atoms with van der Waals surface area (Å²) in [5.41, 5.74) is 3.06. The Kier molecular flexibility index (Phi) is 4.08. The molecule has 0 radical (unpaired) electrons. The van der Waals surface area contributed by atoms with Crippen molar-refractivity contribution in [1.82, 2.24) is 0 Å². The molecule has 2 heteroatoms. The Bertz CT molecular complexity index is 393. The Balaban J connectivity index is 2.19. The molecule has 0 heterocycles. The van der Waals surface area contributed by atoms with Crippen molar-refractivity contribution in [2.45, 2.75) is 57.7 Å². The van der Waals surface area contributed by atoms with Crippen LogP contribution >= 0.6 is 0 Å². The highest BCUT2D eigenvalue weighted by atomic mass is 16.5. The summed E-state index contributed by atoms with van der Waals surface area (Å²) in [6.07, 6.45) is 4.76. The van der Waals surface area contributed by atoms with Crippen molar-refractivity contribution in [2.75, 3.05) is 7.11 Å². The van der Waals surface area contributed by atoms with Crippen LogP contribution in [0.3, 0.4) is 0 Å². The van der Waals surface area contributed by atoms with E-state index in [4.69, 9.17) is 4.74 Å². The number of hydrogen-bond donors (Lipinski definition) is 1. The number of aryl methyl sites for hydroxylation is 2. The zero-order valence-corrected chi connectivity index (χ0v) is 11.7. The largest absolute Gasteiger partial charge is 0.387 e. The normalized spacial score (nSPS) is 28.3. The van der Waals surface area contributed by atoms with Crippen molar-refractivity contribution in [3.8, 4) is 0 Å². The first kappa shape index (κ1) is 13.6. The van der Waals surface area contributed by atoms with Gasteiger partial charge in [-0.25, -0.2) is 0 Å². The first-order chi connectivity index (χ1) is 8.53. The molecule has 2 rings (SSSR count). The number of hydrogen-bond acceptors (Lipinski definition) is 2. The summed E-state index contributed by atoms with van der Waals surface area (Å²) >= 11 is 0. The van der Waals surface area contributed by atoms with Crippen molar-refractivity contribution < 1.29 is 9.84 Å². The van der Waals surface area contributed by atoms with Crippen molar-refractivity contribution in [1.29, 1.82) is 0 Å². The zero-order chi connectivity index (χ0) is 13.2. The van der Waals surface area contributed by atoms with Gasteiger partial charge in [-0.3, -0.25) is 0 Å². The summed E-state index contributed by atoms with van der Waals surface area (Å²) in [5, 5.41) is 10.8. The Labute approximate surface area is 110 Å². The van der Waals surface area contributed by atoms with Crippen molar-refractivity contribution in [2.24, 2.45) is 0 Å². The molecule has 0 aromatic heterocycles. The Morgan fingerprint density at radius 1 is 1.22 bits per heavy atom. The zero-order valence-electron chi connectivity index (χ0n) is 11.7. The quantitative estimate of drug-likeness (QED) is 0.890. The molecule has 0 aliphatic heterocycles. The Hall–Kier alpha value is -0.860. The fourth-order valence-electron chi connectivity index (χ4n) is 3.25. The first-order valence-electron chi connectivity index (χ1n) is 6.86. The monoisotopic (exact) mass is 248 g/mol. The molecule has 0 saturated heterocycles. The molecule has 1 aromatic rings. The number of aliphatic hydroxyl groups is 1. The second kappa shape index (κ2) is 5.41. The molecule has 2 nitrogen and oxygen atoms in total. The first-order valence-corrected chi connectivity index (χ1v) is 6.86. The van der Waals surface area contributed by atoms with Crippen LogP contribution in [0, 0.1) is 13.8 Å². The van der Waals surface area contributed by atoms with E-state index in [0.29, 0.717) is 6.42 Å². The molecular weight excluding hydrogens is 224 g/mol. The lowest BCUT2D eigenvalue weighted by molar-refractivity contribution is -0.116. The summed E-state index contributed by atoms with van der Waals surface area (Å²) in [6.45, 7) is 4.21. The minimum atomic E-state index is -0.687. The van der Waals surface area contributed by atoms with Gasteiger partial charge < -0.3 is 9.84 Å². The number of methoxy groups -OCH3 is 1. The fourth-order valence-corrected chi connectivity index (χ4v) is 3.25. The molecular formula is C16H24O2.